The summed E-state index contributed by atoms with van der Waals surface area (Å²) in [4.78, 5) is 30.6. The minimum absolute atomic E-state index is 0.265. The number of ether oxygens (including phenoxy) is 2. The first kappa shape index (κ1) is 17.6. The third-order valence-electron chi connectivity index (χ3n) is 2.69. The van der Waals surface area contributed by atoms with Gasteiger partial charge in [0.2, 0.25) is 0 Å². The molecule has 112 valence electrons. The van der Waals surface area contributed by atoms with Crippen LogP contribution in [0.25, 0.3) is 0 Å². The van der Waals surface area contributed by atoms with Crippen LogP contribution in [0, 0.1) is 0 Å². The molecule has 0 N–H and O–H groups in total. The molecule has 0 bridgehead atoms. The van der Waals surface area contributed by atoms with E-state index in [1.165, 1.54) is 14.2 Å². The van der Waals surface area contributed by atoms with Crippen LogP contribution in [-0.4, -0.2) is 67.5 Å². The predicted octanol–water partition coefficient (Wildman–Crippen LogP) is 1.10. The van der Waals surface area contributed by atoms with Crippen molar-refractivity contribution in [1.82, 2.24) is 8.00 Å². The van der Waals surface area contributed by atoms with Gasteiger partial charge in [0.25, 0.3) is 0 Å². The molecule has 20 heavy (non-hydrogen) atoms. The molecule has 0 radical (unpaired) electrons. The van der Waals surface area contributed by atoms with Crippen LogP contribution in [0.2, 0.25) is 26.2 Å². The zero-order valence-electron chi connectivity index (χ0n) is 13.0. The molecule has 0 atom stereocenters. The number of aromatic nitrogens is 2. The molecule has 0 unspecified atom stereocenters. The van der Waals surface area contributed by atoms with Gasteiger partial charge in [-0.1, -0.05) is 0 Å². The third kappa shape index (κ3) is 3.39. The van der Waals surface area contributed by atoms with Gasteiger partial charge in [-0.3, -0.25) is 0 Å². The molecule has 1 rings (SSSR count). The zero-order chi connectivity index (χ0) is 15.7. The van der Waals surface area contributed by atoms with Crippen LogP contribution in [-0.2, 0) is 9.47 Å². The molecule has 1 aromatic heterocycles. The molecule has 0 aromatic carbocycles. The van der Waals surface area contributed by atoms with Crippen molar-refractivity contribution >= 4 is 49.7 Å². The standard InChI is InChI=1S/C9H13AsN2O4.3CH3.Sn/c1-10(2)7-5(8(13)15-3)6(11-12-7)9(14)16-4;;;;/h1-4H3,(H,11,12,13,14);3*1H3;/q;;;;+1/p-1. The molecule has 0 aliphatic rings. The summed E-state index contributed by atoms with van der Waals surface area (Å²) in [6.45, 7) is 0. The van der Waals surface area contributed by atoms with E-state index in [0.29, 0.717) is 5.56 Å². The monoisotopic (exact) mass is 452 g/mol. The van der Waals surface area contributed by atoms with Gasteiger partial charge in [-0.2, -0.15) is 0 Å². The summed E-state index contributed by atoms with van der Waals surface area (Å²) in [5.41, 5.74) is 4.72. The molecular formula is C12H21AsN2O4Sn. The van der Waals surface area contributed by atoms with Crippen molar-refractivity contribution in [3.8, 4) is 0 Å². The molecule has 1 aromatic rings. The van der Waals surface area contributed by atoms with Crippen LogP contribution >= 0.6 is 0 Å². The Morgan fingerprint density at radius 2 is 1.60 bits per heavy atom. The van der Waals surface area contributed by atoms with Crippen molar-refractivity contribution in [2.45, 2.75) is 26.2 Å². The zero-order valence-corrected chi connectivity index (χ0v) is 17.7. The van der Waals surface area contributed by atoms with Crippen molar-refractivity contribution in [2.24, 2.45) is 0 Å². The molecule has 0 aliphatic carbocycles. The van der Waals surface area contributed by atoms with E-state index in [1.807, 2.05) is 0 Å². The van der Waals surface area contributed by atoms with E-state index < -0.39 is 45.2 Å². The number of rotatable bonds is 4. The van der Waals surface area contributed by atoms with E-state index in [2.05, 4.69) is 31.3 Å². The Kier molecular flexibility index (Phi) is 5.72. The normalized spacial score (nSPS) is 11.6. The Bertz CT molecular complexity index is 534. The van der Waals surface area contributed by atoms with Gasteiger partial charge in [-0.05, 0) is 0 Å². The molecule has 0 aliphatic heterocycles. The molecule has 6 nitrogen and oxygen atoms in total. The summed E-state index contributed by atoms with van der Waals surface area (Å²) in [6, 6.07) is 0. The Hall–Kier alpha value is -0.493. The Balaban J connectivity index is 3.72. The summed E-state index contributed by atoms with van der Waals surface area (Å²) in [6.07, 6.45) is 0. The fourth-order valence-corrected chi connectivity index (χ4v) is 7.85. The van der Waals surface area contributed by atoms with Crippen LogP contribution in [0.4, 0.5) is 0 Å². The van der Waals surface area contributed by atoms with E-state index in [4.69, 9.17) is 9.47 Å². The van der Waals surface area contributed by atoms with Crippen LogP contribution in [0.3, 0.4) is 0 Å². The summed E-state index contributed by atoms with van der Waals surface area (Å²) >= 11 is -4.17. The average Bonchev–Trinajstić information content (AvgIpc) is 2.77. The number of methoxy groups -OCH3 is 2. The van der Waals surface area contributed by atoms with E-state index in [9.17, 15) is 9.59 Å². The number of carbonyl (C=O) groups excluding carboxylic acids is 2. The van der Waals surface area contributed by atoms with Crippen LogP contribution in [0.15, 0.2) is 0 Å². The van der Waals surface area contributed by atoms with Crippen LogP contribution < -0.4 is 4.48 Å². The number of esters is 2. The minimum atomic E-state index is -2.73. The second kappa shape index (κ2) is 6.52. The van der Waals surface area contributed by atoms with Gasteiger partial charge >= 0.3 is 129 Å². The second-order valence-electron chi connectivity index (χ2n) is 5.51. The van der Waals surface area contributed by atoms with Crippen molar-refractivity contribution < 1.29 is 19.1 Å². The molecule has 1 heterocycles. The van der Waals surface area contributed by atoms with Crippen molar-refractivity contribution in [3.63, 3.8) is 0 Å². The van der Waals surface area contributed by atoms with Gasteiger partial charge in [0, 0.05) is 0 Å². The fourth-order valence-electron chi connectivity index (χ4n) is 1.78. The summed E-state index contributed by atoms with van der Waals surface area (Å²) in [5.74, 6) is -1.03. The first-order valence-electron chi connectivity index (χ1n) is 6.12. The van der Waals surface area contributed by atoms with Crippen molar-refractivity contribution in [3.05, 3.63) is 11.3 Å². The first-order chi connectivity index (χ1) is 9.15. The van der Waals surface area contributed by atoms with Gasteiger partial charge in [-0.15, -0.1) is 0 Å². The first-order valence-corrected chi connectivity index (χ1v) is 20.7. The Morgan fingerprint density at radius 1 is 1.10 bits per heavy atom. The number of hydrogen-bond donors (Lipinski definition) is 0. The van der Waals surface area contributed by atoms with E-state index in [0.717, 1.165) is 4.48 Å². The average molecular weight is 451 g/mol. The second-order valence-corrected chi connectivity index (χ2v) is 23.7. The quantitative estimate of drug-likeness (QED) is 0.507. The molecular weight excluding hydrogens is 430 g/mol. The molecule has 8 heteroatoms. The van der Waals surface area contributed by atoms with Crippen molar-refractivity contribution in [1.29, 1.82) is 0 Å². The van der Waals surface area contributed by atoms with E-state index >= 15 is 0 Å². The van der Waals surface area contributed by atoms with Gasteiger partial charge in [0.1, 0.15) is 0 Å². The van der Waals surface area contributed by atoms with E-state index in [-0.39, 0.29) is 5.69 Å². The number of hydrogen-bond acceptors (Lipinski definition) is 5. The molecule has 0 amide bonds. The van der Waals surface area contributed by atoms with Gasteiger partial charge < -0.3 is 0 Å². The Labute approximate surface area is 128 Å². The summed E-state index contributed by atoms with van der Waals surface area (Å²) in [7, 11) is 2.62. The van der Waals surface area contributed by atoms with Crippen LogP contribution in [0.1, 0.15) is 20.8 Å². The number of carbonyl (C=O) groups is 2. The maximum absolute atomic E-state index is 12.1. The number of nitrogens with zero attached hydrogens (tertiary/aromatic N) is 2. The predicted molar refractivity (Wildman–Crippen MR) is 80.8 cm³/mol. The molecule has 0 saturated heterocycles. The SMILES string of the molecule is COC(=O)c1c([As](C)C)n[n]([Sn]([CH3])([CH3])[CH3])c1C(=O)OC. The third-order valence-corrected chi connectivity index (χ3v) is 9.68. The van der Waals surface area contributed by atoms with Crippen LogP contribution in [0.5, 0.6) is 0 Å². The van der Waals surface area contributed by atoms with E-state index in [1.54, 1.807) is 2.90 Å². The summed E-state index contributed by atoms with van der Waals surface area (Å²) in [5, 5.41) is 4.59. The Morgan fingerprint density at radius 3 is 1.95 bits per heavy atom. The molecule has 0 fully saturated rings. The molecule has 0 saturated carbocycles. The topological polar surface area (TPSA) is 70.4 Å². The molecule has 0 spiro atoms. The fraction of sp³-hybridized carbons (Fsp3) is 0.583. The van der Waals surface area contributed by atoms with Gasteiger partial charge in [0.15, 0.2) is 0 Å². The van der Waals surface area contributed by atoms with Gasteiger partial charge in [-0.25, -0.2) is 0 Å². The van der Waals surface area contributed by atoms with Gasteiger partial charge in [0.05, 0.1) is 0 Å². The summed E-state index contributed by atoms with van der Waals surface area (Å²) < 4.78 is 12.2. The van der Waals surface area contributed by atoms with Crippen molar-refractivity contribution in [2.75, 3.05) is 14.2 Å². The maximum atomic E-state index is 12.1.